The average Bonchev–Trinajstić information content (AvgIpc) is 3.00. The molecule has 0 saturated heterocycles. The molecule has 0 heterocycles. The Labute approximate surface area is 175 Å². The van der Waals surface area contributed by atoms with E-state index in [1.807, 2.05) is 6.92 Å². The van der Waals surface area contributed by atoms with Crippen LogP contribution in [0.25, 0.3) is 0 Å². The number of carbonyl (C=O) groups is 2. The molecule has 3 nitrogen and oxygen atoms in total. The number of hydrogen-bond acceptors (Lipinski definition) is 3. The Balaban J connectivity index is 2.41. The quantitative estimate of drug-likeness (QED) is 0.0987. The summed E-state index contributed by atoms with van der Waals surface area (Å²) in [5, 5.41) is 0. The lowest BCUT2D eigenvalue weighted by atomic mass is 9.89. The molecule has 1 aliphatic carbocycles. The van der Waals surface area contributed by atoms with Gasteiger partial charge < -0.3 is 4.74 Å². The molecule has 0 radical (unpaired) electrons. The van der Waals surface area contributed by atoms with Crippen LogP contribution >= 0.6 is 22.6 Å². The Morgan fingerprint density at radius 2 is 1.85 bits per heavy atom. The van der Waals surface area contributed by atoms with Gasteiger partial charge >= 0.3 is 11.9 Å². The maximum absolute atomic E-state index is 13.8. The molecule has 0 N–H and O–H groups in total. The van der Waals surface area contributed by atoms with E-state index in [-0.39, 0.29) is 18.3 Å². The monoisotopic (exact) mass is 498 g/mol. The zero-order chi connectivity index (χ0) is 20.3. The molecule has 0 aliphatic heterocycles. The third-order valence-corrected chi connectivity index (χ3v) is 6.93. The first-order valence-electron chi connectivity index (χ1n) is 10.1. The molecule has 0 aromatic rings. The van der Waals surface area contributed by atoms with Crippen LogP contribution in [-0.4, -0.2) is 28.7 Å². The molecule has 1 saturated carbocycles. The van der Waals surface area contributed by atoms with Crippen LogP contribution in [0, 0.1) is 11.8 Å². The Bertz CT molecular complexity index is 494. The topological polar surface area (TPSA) is 43.4 Å². The second-order valence-electron chi connectivity index (χ2n) is 7.48. The van der Waals surface area contributed by atoms with E-state index in [1.54, 1.807) is 6.08 Å². The summed E-state index contributed by atoms with van der Waals surface area (Å²) in [6.07, 6.45) is 11.0. The van der Waals surface area contributed by atoms with Gasteiger partial charge in [-0.3, -0.25) is 9.59 Å². The van der Waals surface area contributed by atoms with E-state index in [1.165, 1.54) is 7.11 Å². The Hall–Kier alpha value is -0.530. The molecule has 2 unspecified atom stereocenters. The van der Waals surface area contributed by atoms with E-state index < -0.39 is 11.7 Å². The molecular formula is C21H33F2IO3. The van der Waals surface area contributed by atoms with Crippen molar-refractivity contribution in [1.29, 1.82) is 0 Å². The van der Waals surface area contributed by atoms with Crippen molar-refractivity contribution in [3.05, 3.63) is 12.2 Å². The zero-order valence-electron chi connectivity index (χ0n) is 16.5. The third-order valence-electron chi connectivity index (χ3n) is 5.39. The molecule has 0 aromatic carbocycles. The maximum atomic E-state index is 13.8. The van der Waals surface area contributed by atoms with E-state index in [4.69, 9.17) is 0 Å². The van der Waals surface area contributed by atoms with Crippen LogP contribution in [0.1, 0.15) is 77.6 Å². The highest BCUT2D eigenvalue weighted by atomic mass is 127. The minimum absolute atomic E-state index is 0.163. The van der Waals surface area contributed by atoms with Gasteiger partial charge in [0.15, 0.2) is 0 Å². The average molecular weight is 498 g/mol. The molecule has 1 fully saturated rings. The van der Waals surface area contributed by atoms with Gasteiger partial charge in [-0.25, -0.2) is 0 Å². The summed E-state index contributed by atoms with van der Waals surface area (Å²) >= 11 is 2.45. The lowest BCUT2D eigenvalue weighted by Gasteiger charge is -2.20. The van der Waals surface area contributed by atoms with Gasteiger partial charge in [0, 0.05) is 16.8 Å². The lowest BCUT2D eigenvalue weighted by Crippen LogP contribution is -2.27. The molecule has 0 aromatic heterocycles. The number of halogens is 3. The van der Waals surface area contributed by atoms with Crippen molar-refractivity contribution in [2.45, 2.75) is 87.4 Å². The number of esters is 1. The van der Waals surface area contributed by atoms with E-state index in [0.29, 0.717) is 29.1 Å². The number of carbonyl (C=O) groups excluding carboxylic acids is 2. The maximum Gasteiger partial charge on any atom is 0.309 e. The van der Waals surface area contributed by atoms with Gasteiger partial charge in [0.2, 0.25) is 5.78 Å². The summed E-state index contributed by atoms with van der Waals surface area (Å²) < 4.78 is 32.8. The normalized spacial score (nSPS) is 23.1. The van der Waals surface area contributed by atoms with E-state index >= 15 is 0 Å². The smallest absolute Gasteiger partial charge is 0.309 e. The first kappa shape index (κ1) is 24.5. The first-order chi connectivity index (χ1) is 12.8. The fraction of sp³-hybridized carbons (Fsp3) is 0.810. The van der Waals surface area contributed by atoms with Gasteiger partial charge in [-0.15, -0.1) is 0 Å². The molecule has 1 rings (SSSR count). The highest BCUT2D eigenvalue weighted by molar-refractivity contribution is 14.1. The summed E-state index contributed by atoms with van der Waals surface area (Å²) in [5.41, 5.74) is 0. The second kappa shape index (κ2) is 12.8. The first-order valence-corrected chi connectivity index (χ1v) is 11.4. The largest absolute Gasteiger partial charge is 0.469 e. The van der Waals surface area contributed by atoms with Gasteiger partial charge in [0.25, 0.3) is 0 Å². The van der Waals surface area contributed by atoms with E-state index in [2.05, 4.69) is 27.3 Å². The van der Waals surface area contributed by atoms with Crippen molar-refractivity contribution >= 4 is 34.3 Å². The molecule has 27 heavy (non-hydrogen) atoms. The molecule has 6 heteroatoms. The third kappa shape index (κ3) is 9.01. The van der Waals surface area contributed by atoms with Crippen LogP contribution in [0.5, 0.6) is 0 Å². The highest BCUT2D eigenvalue weighted by Crippen LogP contribution is 2.41. The molecule has 0 bridgehead atoms. The number of ketones is 1. The zero-order valence-corrected chi connectivity index (χ0v) is 18.7. The van der Waals surface area contributed by atoms with E-state index in [0.717, 1.165) is 51.0 Å². The molecule has 0 amide bonds. The van der Waals surface area contributed by atoms with Crippen LogP contribution in [-0.2, 0) is 14.3 Å². The van der Waals surface area contributed by atoms with Crippen LogP contribution < -0.4 is 0 Å². The summed E-state index contributed by atoms with van der Waals surface area (Å²) in [5.74, 6) is -3.78. The summed E-state index contributed by atoms with van der Waals surface area (Å²) in [7, 11) is 1.40. The number of allylic oxidation sites excluding steroid dienone is 2. The van der Waals surface area contributed by atoms with E-state index in [9.17, 15) is 18.4 Å². The van der Waals surface area contributed by atoms with Gasteiger partial charge in [0.1, 0.15) is 0 Å². The van der Waals surface area contributed by atoms with Crippen LogP contribution in [0.2, 0.25) is 0 Å². The predicted molar refractivity (Wildman–Crippen MR) is 112 cm³/mol. The Morgan fingerprint density at radius 1 is 1.15 bits per heavy atom. The van der Waals surface area contributed by atoms with Crippen molar-refractivity contribution < 1.29 is 23.1 Å². The number of ether oxygens (including phenoxy) is 1. The molecule has 0 spiro atoms. The number of unbranched alkanes of at least 4 members (excludes halogenated alkanes) is 4. The van der Waals surface area contributed by atoms with Crippen molar-refractivity contribution in [3.63, 3.8) is 0 Å². The van der Waals surface area contributed by atoms with Crippen LogP contribution in [0.3, 0.4) is 0 Å². The number of rotatable bonds is 13. The van der Waals surface area contributed by atoms with Gasteiger partial charge in [-0.1, -0.05) is 61.3 Å². The second-order valence-corrected chi connectivity index (χ2v) is 9.08. The fourth-order valence-corrected chi connectivity index (χ4v) is 4.89. The SMILES string of the molecule is CCCCC(F)(F)C(=O)/C=C/[C@H]1CCC(I)C1CCCCCCC(=O)OC. The summed E-state index contributed by atoms with van der Waals surface area (Å²) in [6.45, 7) is 1.84. The summed E-state index contributed by atoms with van der Waals surface area (Å²) in [6, 6.07) is 0. The van der Waals surface area contributed by atoms with Crippen LogP contribution in [0.15, 0.2) is 12.2 Å². The fourth-order valence-electron chi connectivity index (χ4n) is 3.64. The molecule has 3 atom stereocenters. The summed E-state index contributed by atoms with van der Waals surface area (Å²) in [4.78, 5) is 22.9. The van der Waals surface area contributed by atoms with Crippen molar-refractivity contribution in [2.24, 2.45) is 11.8 Å². The molecular weight excluding hydrogens is 465 g/mol. The van der Waals surface area contributed by atoms with Gasteiger partial charge in [-0.2, -0.15) is 8.78 Å². The van der Waals surface area contributed by atoms with Crippen molar-refractivity contribution in [3.8, 4) is 0 Å². The highest BCUT2D eigenvalue weighted by Gasteiger charge is 2.37. The standard InChI is InChI=1S/C21H33F2IO3/c1-3-4-15-21(22,23)19(25)14-12-16-11-13-18(24)17(16)9-7-5-6-8-10-20(26)27-2/h12,14,16-18H,3-11,13,15H2,1-2H3/b14-12+/t16-,17?,18?/m1/s1. The van der Waals surface area contributed by atoms with Crippen molar-refractivity contribution in [2.75, 3.05) is 7.11 Å². The molecule has 156 valence electrons. The molecule has 1 aliphatic rings. The predicted octanol–water partition coefficient (Wildman–Crippen LogP) is 6.28. The number of methoxy groups -OCH3 is 1. The Morgan fingerprint density at radius 3 is 2.52 bits per heavy atom. The minimum atomic E-state index is -3.23. The van der Waals surface area contributed by atoms with Crippen LogP contribution in [0.4, 0.5) is 8.78 Å². The van der Waals surface area contributed by atoms with Crippen molar-refractivity contribution in [1.82, 2.24) is 0 Å². The minimum Gasteiger partial charge on any atom is -0.469 e. The number of alkyl halides is 3. The number of hydrogen-bond donors (Lipinski definition) is 0. The van der Waals surface area contributed by atoms with Gasteiger partial charge in [0.05, 0.1) is 7.11 Å². The lowest BCUT2D eigenvalue weighted by molar-refractivity contribution is -0.140. The van der Waals surface area contributed by atoms with Gasteiger partial charge in [-0.05, 0) is 50.0 Å². The Kier molecular flexibility index (Phi) is 11.7.